The van der Waals surface area contributed by atoms with Crippen LogP contribution in [0.3, 0.4) is 0 Å². The molecule has 0 aromatic carbocycles. The number of hydrogen-bond donors (Lipinski definition) is 1. The Kier molecular flexibility index (Phi) is 5.18. The van der Waals surface area contributed by atoms with Crippen LogP contribution in [0, 0.1) is 5.82 Å². The molecule has 2 amide bonds. The van der Waals surface area contributed by atoms with E-state index < -0.39 is 17.7 Å². The summed E-state index contributed by atoms with van der Waals surface area (Å²) in [6.45, 7) is 6.27. The van der Waals surface area contributed by atoms with E-state index in [0.717, 1.165) is 6.20 Å². The summed E-state index contributed by atoms with van der Waals surface area (Å²) < 4.78 is 18.0. The highest BCUT2D eigenvalue weighted by Crippen LogP contribution is 2.21. The Morgan fingerprint density at radius 1 is 1.43 bits per heavy atom. The fraction of sp³-hybridized carbons (Fsp3) is 0.562. The van der Waals surface area contributed by atoms with Crippen molar-refractivity contribution in [1.82, 2.24) is 15.2 Å². The van der Waals surface area contributed by atoms with Crippen LogP contribution in [0.1, 0.15) is 32.9 Å². The molecule has 2 heterocycles. The van der Waals surface area contributed by atoms with E-state index in [1.807, 2.05) is 0 Å². The molecule has 1 aliphatic rings. The van der Waals surface area contributed by atoms with Crippen LogP contribution in [-0.2, 0) is 16.0 Å². The molecule has 126 valence electrons. The van der Waals surface area contributed by atoms with Crippen molar-refractivity contribution in [2.24, 2.45) is 0 Å². The molecule has 1 saturated heterocycles. The van der Waals surface area contributed by atoms with Crippen molar-refractivity contribution in [3.05, 3.63) is 29.8 Å². The molecular weight excluding hydrogens is 301 g/mol. The van der Waals surface area contributed by atoms with Crippen LogP contribution >= 0.6 is 0 Å². The second kappa shape index (κ2) is 6.93. The molecule has 0 saturated carbocycles. The predicted octanol–water partition coefficient (Wildman–Crippen LogP) is 1.89. The van der Waals surface area contributed by atoms with E-state index >= 15 is 0 Å². The minimum absolute atomic E-state index is 0.204. The number of likely N-dealkylation sites (tertiary alicyclic amines) is 1. The van der Waals surface area contributed by atoms with Crippen molar-refractivity contribution in [2.45, 2.75) is 45.3 Å². The first-order valence-corrected chi connectivity index (χ1v) is 7.64. The molecule has 1 aromatic heterocycles. The van der Waals surface area contributed by atoms with Crippen LogP contribution in [0.4, 0.5) is 9.18 Å². The summed E-state index contributed by atoms with van der Waals surface area (Å²) in [5, 5.41) is 2.77. The van der Waals surface area contributed by atoms with Gasteiger partial charge in [0.05, 0.1) is 6.20 Å². The number of hydrogen-bond acceptors (Lipinski definition) is 4. The topological polar surface area (TPSA) is 71.5 Å². The Morgan fingerprint density at radius 2 is 2.17 bits per heavy atom. The van der Waals surface area contributed by atoms with Gasteiger partial charge in [-0.05, 0) is 39.3 Å². The van der Waals surface area contributed by atoms with Crippen LogP contribution in [0.25, 0.3) is 0 Å². The highest BCUT2D eigenvalue weighted by atomic mass is 19.1. The van der Waals surface area contributed by atoms with Crippen LogP contribution in [0.15, 0.2) is 18.3 Å². The Labute approximate surface area is 135 Å². The lowest BCUT2D eigenvalue weighted by Crippen LogP contribution is -2.59. The number of carbonyl (C=O) groups excluding carboxylic acids is 2. The summed E-state index contributed by atoms with van der Waals surface area (Å²) in [5.41, 5.74) is 0.117. The van der Waals surface area contributed by atoms with Gasteiger partial charge in [-0.25, -0.2) is 9.18 Å². The largest absolute Gasteiger partial charge is 0.444 e. The molecule has 1 atom stereocenters. The van der Waals surface area contributed by atoms with Gasteiger partial charge in [0.25, 0.3) is 0 Å². The van der Waals surface area contributed by atoms with Crippen molar-refractivity contribution in [2.75, 3.05) is 13.1 Å². The molecule has 7 heteroatoms. The molecule has 0 aliphatic carbocycles. The normalized spacial score (nSPS) is 17.4. The first-order valence-electron chi connectivity index (χ1n) is 7.64. The highest BCUT2D eigenvalue weighted by molar-refractivity contribution is 5.87. The number of nitrogens with zero attached hydrogens (tertiary/aromatic N) is 2. The van der Waals surface area contributed by atoms with Gasteiger partial charge in [-0.3, -0.25) is 14.7 Å². The second-order valence-corrected chi connectivity index (χ2v) is 6.49. The van der Waals surface area contributed by atoms with E-state index in [-0.39, 0.29) is 11.7 Å². The SMILES string of the molecule is CC(C)(C)OC(=O)N1CC[C@@H]1C(=O)NCCc1ccc(F)cn1. The maximum atomic E-state index is 12.8. The summed E-state index contributed by atoms with van der Waals surface area (Å²) in [7, 11) is 0. The number of carbonyl (C=O) groups is 2. The Morgan fingerprint density at radius 3 is 2.70 bits per heavy atom. The Balaban J connectivity index is 1.77. The highest BCUT2D eigenvalue weighted by Gasteiger charge is 2.39. The Hall–Kier alpha value is -2.18. The zero-order valence-electron chi connectivity index (χ0n) is 13.6. The van der Waals surface area contributed by atoms with E-state index in [1.54, 1.807) is 26.8 Å². The van der Waals surface area contributed by atoms with Crippen molar-refractivity contribution in [1.29, 1.82) is 0 Å². The summed E-state index contributed by atoms with van der Waals surface area (Å²) >= 11 is 0. The lowest BCUT2D eigenvalue weighted by Gasteiger charge is -2.40. The third-order valence-corrected chi connectivity index (χ3v) is 3.42. The lowest BCUT2D eigenvalue weighted by atomic mass is 10.0. The van der Waals surface area contributed by atoms with E-state index in [9.17, 15) is 14.0 Å². The molecule has 1 aromatic rings. The second-order valence-electron chi connectivity index (χ2n) is 6.49. The summed E-state index contributed by atoms with van der Waals surface area (Å²) in [6.07, 6.45) is 1.81. The zero-order chi connectivity index (χ0) is 17.0. The number of amides is 2. The van der Waals surface area contributed by atoms with Crippen molar-refractivity contribution in [3.8, 4) is 0 Å². The lowest BCUT2D eigenvalue weighted by molar-refractivity contribution is -0.130. The molecule has 0 unspecified atom stereocenters. The van der Waals surface area contributed by atoms with Gasteiger partial charge in [-0.15, -0.1) is 0 Å². The molecule has 0 radical (unpaired) electrons. The standard InChI is InChI=1S/C16H22FN3O3/c1-16(2,3)23-15(22)20-9-7-13(20)14(21)18-8-6-12-5-4-11(17)10-19-12/h4-5,10,13H,6-9H2,1-3H3,(H,18,21)/t13-/m1/s1. The van der Waals surface area contributed by atoms with Crippen LogP contribution < -0.4 is 5.32 Å². The molecule has 2 rings (SSSR count). The smallest absolute Gasteiger partial charge is 0.410 e. The molecule has 0 spiro atoms. The van der Waals surface area contributed by atoms with Crippen LogP contribution in [0.5, 0.6) is 0 Å². The van der Waals surface area contributed by atoms with Gasteiger partial charge < -0.3 is 10.1 Å². The molecule has 6 nitrogen and oxygen atoms in total. The Bertz CT molecular complexity index is 569. The van der Waals surface area contributed by atoms with E-state index in [2.05, 4.69) is 10.3 Å². The third-order valence-electron chi connectivity index (χ3n) is 3.42. The van der Waals surface area contributed by atoms with E-state index in [1.165, 1.54) is 11.0 Å². The minimum atomic E-state index is -0.581. The average molecular weight is 323 g/mol. The number of halogens is 1. The fourth-order valence-electron chi connectivity index (χ4n) is 2.18. The van der Waals surface area contributed by atoms with Gasteiger partial charge in [0, 0.05) is 25.2 Å². The monoisotopic (exact) mass is 323 g/mol. The van der Waals surface area contributed by atoms with Crippen LogP contribution in [-0.4, -0.2) is 46.6 Å². The van der Waals surface area contributed by atoms with Crippen LogP contribution in [0.2, 0.25) is 0 Å². The van der Waals surface area contributed by atoms with Gasteiger partial charge in [0.2, 0.25) is 5.91 Å². The van der Waals surface area contributed by atoms with E-state index in [0.29, 0.717) is 31.6 Å². The quantitative estimate of drug-likeness (QED) is 0.918. The van der Waals surface area contributed by atoms with Gasteiger partial charge in [-0.2, -0.15) is 0 Å². The maximum Gasteiger partial charge on any atom is 0.410 e. The maximum absolute atomic E-state index is 12.8. The number of nitrogens with one attached hydrogen (secondary N) is 1. The molecule has 1 fully saturated rings. The van der Waals surface area contributed by atoms with Gasteiger partial charge in [0.1, 0.15) is 17.5 Å². The number of rotatable bonds is 4. The third kappa shape index (κ3) is 4.91. The predicted molar refractivity (Wildman–Crippen MR) is 82.3 cm³/mol. The number of aromatic nitrogens is 1. The van der Waals surface area contributed by atoms with E-state index in [4.69, 9.17) is 4.74 Å². The molecule has 1 aliphatic heterocycles. The molecule has 0 bridgehead atoms. The van der Waals surface area contributed by atoms with Gasteiger partial charge in [-0.1, -0.05) is 0 Å². The van der Waals surface area contributed by atoms with Gasteiger partial charge >= 0.3 is 6.09 Å². The van der Waals surface area contributed by atoms with Gasteiger partial charge in [0.15, 0.2) is 0 Å². The average Bonchev–Trinajstić information content (AvgIpc) is 2.37. The summed E-state index contributed by atoms with van der Waals surface area (Å²) in [4.78, 5) is 29.4. The summed E-state index contributed by atoms with van der Waals surface area (Å²) in [6, 6.07) is 2.43. The van der Waals surface area contributed by atoms with Crippen molar-refractivity contribution >= 4 is 12.0 Å². The fourth-order valence-corrected chi connectivity index (χ4v) is 2.18. The summed E-state index contributed by atoms with van der Waals surface area (Å²) in [5.74, 6) is -0.593. The first-order chi connectivity index (χ1) is 10.8. The molecule has 1 N–H and O–H groups in total. The number of ether oxygens (including phenoxy) is 1. The zero-order valence-corrected chi connectivity index (χ0v) is 13.6. The molecular formula is C16H22FN3O3. The van der Waals surface area contributed by atoms with Crippen molar-refractivity contribution in [3.63, 3.8) is 0 Å². The first kappa shape index (κ1) is 17.2. The van der Waals surface area contributed by atoms with Crippen molar-refractivity contribution < 1.29 is 18.7 Å². The molecule has 23 heavy (non-hydrogen) atoms. The number of pyridine rings is 1. The minimum Gasteiger partial charge on any atom is -0.444 e.